The normalized spacial score (nSPS) is 13.4. The molecule has 0 saturated heterocycles. The van der Waals surface area contributed by atoms with E-state index in [1.54, 1.807) is 4.67 Å². The molecular formula is C32H68NO3P. The minimum absolute atomic E-state index is 0.387. The van der Waals surface area contributed by atoms with Crippen molar-refractivity contribution in [3.8, 4) is 0 Å². The van der Waals surface area contributed by atoms with Gasteiger partial charge in [-0.25, -0.2) is 9.24 Å². The fraction of sp³-hybridized carbons (Fsp3) is 1.00. The van der Waals surface area contributed by atoms with Gasteiger partial charge in [-0.15, -0.1) is 0 Å². The molecule has 1 N–H and O–H groups in total. The highest BCUT2D eigenvalue weighted by atomic mass is 31.2. The molecule has 0 aliphatic rings. The molecule has 0 aliphatic carbocycles. The van der Waals surface area contributed by atoms with E-state index in [0.717, 1.165) is 38.5 Å². The molecule has 0 aromatic rings. The van der Waals surface area contributed by atoms with Gasteiger partial charge >= 0.3 is 7.75 Å². The second-order valence-corrected chi connectivity index (χ2v) is 13.2. The monoisotopic (exact) mass is 545 g/mol. The van der Waals surface area contributed by atoms with Crippen molar-refractivity contribution in [1.82, 2.24) is 4.67 Å². The average molecular weight is 546 g/mol. The summed E-state index contributed by atoms with van der Waals surface area (Å²) in [7, 11) is -3.66. The largest absolute Gasteiger partial charge is 0.405 e. The summed E-state index contributed by atoms with van der Waals surface area (Å²) in [5, 5.41) is 0. The molecule has 0 rings (SSSR count). The van der Waals surface area contributed by atoms with Gasteiger partial charge in [0.2, 0.25) is 0 Å². The van der Waals surface area contributed by atoms with E-state index in [9.17, 15) is 9.46 Å². The second-order valence-electron chi connectivity index (χ2n) is 11.4. The summed E-state index contributed by atoms with van der Waals surface area (Å²) in [5.74, 6) is 0. The first kappa shape index (κ1) is 37.1. The second kappa shape index (κ2) is 29.1. The van der Waals surface area contributed by atoms with E-state index in [4.69, 9.17) is 4.52 Å². The van der Waals surface area contributed by atoms with Crippen LogP contribution in [0.15, 0.2) is 0 Å². The number of nitrogens with zero attached hydrogens (tertiary/aromatic N) is 1. The molecule has 224 valence electrons. The quantitative estimate of drug-likeness (QED) is 0.0695. The van der Waals surface area contributed by atoms with Crippen molar-refractivity contribution in [2.45, 2.75) is 188 Å². The summed E-state index contributed by atoms with van der Waals surface area (Å²) in [6.07, 6.45) is 33.3. The summed E-state index contributed by atoms with van der Waals surface area (Å²) in [5.41, 5.74) is 0. The maximum Gasteiger partial charge on any atom is 0.405 e. The highest BCUT2D eigenvalue weighted by Gasteiger charge is 2.28. The van der Waals surface area contributed by atoms with Crippen LogP contribution >= 0.6 is 7.75 Å². The van der Waals surface area contributed by atoms with E-state index in [0.29, 0.717) is 19.7 Å². The van der Waals surface area contributed by atoms with Crippen LogP contribution in [0.4, 0.5) is 0 Å². The van der Waals surface area contributed by atoms with Gasteiger partial charge in [-0.2, -0.15) is 0 Å². The first-order valence-electron chi connectivity index (χ1n) is 16.8. The highest BCUT2D eigenvalue weighted by Crippen LogP contribution is 2.46. The molecular weight excluding hydrogens is 477 g/mol. The third-order valence-electron chi connectivity index (χ3n) is 7.65. The molecule has 1 atom stereocenters. The average Bonchev–Trinajstić information content (AvgIpc) is 2.88. The van der Waals surface area contributed by atoms with Crippen LogP contribution in [0.1, 0.15) is 188 Å². The Morgan fingerprint density at radius 1 is 0.459 bits per heavy atom. The first-order chi connectivity index (χ1) is 18.1. The molecule has 0 radical (unpaired) electrons. The van der Waals surface area contributed by atoms with Gasteiger partial charge in [-0.1, -0.05) is 168 Å². The minimum Gasteiger partial charge on any atom is -0.312 e. The van der Waals surface area contributed by atoms with E-state index >= 15 is 0 Å². The molecule has 5 heteroatoms. The van der Waals surface area contributed by atoms with Crippen LogP contribution in [0, 0.1) is 0 Å². The minimum atomic E-state index is -3.66. The van der Waals surface area contributed by atoms with Crippen molar-refractivity contribution in [2.75, 3.05) is 19.7 Å². The summed E-state index contributed by atoms with van der Waals surface area (Å²) < 4.78 is 20.2. The lowest BCUT2D eigenvalue weighted by Gasteiger charge is -2.26. The van der Waals surface area contributed by atoms with Gasteiger partial charge in [0.05, 0.1) is 6.61 Å². The topological polar surface area (TPSA) is 49.8 Å². The Bertz CT molecular complexity index is 461. The predicted octanol–water partition coefficient (Wildman–Crippen LogP) is 11.6. The lowest BCUT2D eigenvalue weighted by molar-refractivity contribution is 0.195. The van der Waals surface area contributed by atoms with Crippen LogP contribution in [0.5, 0.6) is 0 Å². The van der Waals surface area contributed by atoms with Crippen molar-refractivity contribution < 1.29 is 14.0 Å². The molecule has 37 heavy (non-hydrogen) atoms. The van der Waals surface area contributed by atoms with Gasteiger partial charge < -0.3 is 4.89 Å². The van der Waals surface area contributed by atoms with Crippen LogP contribution in [-0.4, -0.2) is 29.3 Å². The molecule has 0 aromatic heterocycles. The summed E-state index contributed by atoms with van der Waals surface area (Å²) in [4.78, 5) is 10.6. The summed E-state index contributed by atoms with van der Waals surface area (Å²) >= 11 is 0. The molecule has 0 heterocycles. The van der Waals surface area contributed by atoms with Crippen molar-refractivity contribution in [3.63, 3.8) is 0 Å². The van der Waals surface area contributed by atoms with E-state index in [1.165, 1.54) is 128 Å². The molecule has 0 bridgehead atoms. The SMILES string of the molecule is CCCCCCCCCCCCCCN(CCCCCCCCCCCCCC)P(=O)(O)OCCCC. The van der Waals surface area contributed by atoms with E-state index in [2.05, 4.69) is 20.8 Å². The van der Waals surface area contributed by atoms with Gasteiger partial charge in [-0.05, 0) is 19.3 Å². The van der Waals surface area contributed by atoms with E-state index in [-0.39, 0.29) is 0 Å². The molecule has 0 fully saturated rings. The Balaban J connectivity index is 3.99. The van der Waals surface area contributed by atoms with Crippen molar-refractivity contribution in [1.29, 1.82) is 0 Å². The molecule has 4 nitrogen and oxygen atoms in total. The zero-order chi connectivity index (χ0) is 27.3. The molecule has 0 aromatic carbocycles. The van der Waals surface area contributed by atoms with Gasteiger partial charge in [0.1, 0.15) is 0 Å². The lowest BCUT2D eigenvalue weighted by Crippen LogP contribution is -2.24. The van der Waals surface area contributed by atoms with Crippen LogP contribution < -0.4 is 0 Å². The van der Waals surface area contributed by atoms with E-state index < -0.39 is 7.75 Å². The lowest BCUT2D eigenvalue weighted by atomic mass is 10.1. The van der Waals surface area contributed by atoms with Crippen LogP contribution in [0.25, 0.3) is 0 Å². The summed E-state index contributed by atoms with van der Waals surface area (Å²) in [6, 6.07) is 0. The molecule has 0 spiro atoms. The fourth-order valence-corrected chi connectivity index (χ4v) is 6.36. The first-order valence-corrected chi connectivity index (χ1v) is 18.3. The maximum absolute atomic E-state index is 12.9. The van der Waals surface area contributed by atoms with Crippen LogP contribution in [0.2, 0.25) is 0 Å². The predicted molar refractivity (Wildman–Crippen MR) is 164 cm³/mol. The van der Waals surface area contributed by atoms with Crippen molar-refractivity contribution in [3.05, 3.63) is 0 Å². The third kappa shape index (κ3) is 26.1. The maximum atomic E-state index is 12.9. The van der Waals surface area contributed by atoms with Gasteiger partial charge in [-0.3, -0.25) is 4.52 Å². The molecule has 0 amide bonds. The Labute approximate surface area is 233 Å². The third-order valence-corrected chi connectivity index (χ3v) is 9.29. The fourth-order valence-electron chi connectivity index (χ4n) is 5.04. The number of rotatable bonds is 31. The zero-order valence-corrected chi connectivity index (χ0v) is 26.6. The zero-order valence-electron chi connectivity index (χ0n) is 25.7. The Kier molecular flexibility index (Phi) is 29.2. The van der Waals surface area contributed by atoms with Crippen molar-refractivity contribution in [2.24, 2.45) is 0 Å². The number of hydrogen-bond acceptors (Lipinski definition) is 2. The van der Waals surface area contributed by atoms with Gasteiger partial charge in [0, 0.05) is 13.1 Å². The molecule has 0 saturated carbocycles. The highest BCUT2D eigenvalue weighted by molar-refractivity contribution is 7.50. The van der Waals surface area contributed by atoms with Gasteiger partial charge in [0.15, 0.2) is 0 Å². The molecule has 0 aliphatic heterocycles. The Hall–Kier alpha value is 0.110. The smallest absolute Gasteiger partial charge is 0.312 e. The molecule has 1 unspecified atom stereocenters. The van der Waals surface area contributed by atoms with E-state index in [1.807, 2.05) is 0 Å². The summed E-state index contributed by atoms with van der Waals surface area (Å²) in [6.45, 7) is 8.40. The Morgan fingerprint density at radius 2 is 0.730 bits per heavy atom. The number of hydrogen-bond donors (Lipinski definition) is 1. The van der Waals surface area contributed by atoms with Crippen molar-refractivity contribution >= 4 is 7.75 Å². The standard InChI is InChI=1S/C32H68NO3P/c1-4-7-10-12-14-16-18-20-22-24-26-28-30-33(37(34,35)36-32-9-6-3)31-29-27-25-23-21-19-17-15-13-11-8-5-2/h4-32H2,1-3H3,(H,34,35). The van der Waals surface area contributed by atoms with Crippen LogP contribution in [-0.2, 0) is 9.09 Å². The Morgan fingerprint density at radius 3 is 1.03 bits per heavy atom. The number of unbranched alkanes of at least 4 members (excludes halogenated alkanes) is 23. The van der Waals surface area contributed by atoms with Crippen LogP contribution in [0.3, 0.4) is 0 Å². The van der Waals surface area contributed by atoms with Gasteiger partial charge in [0.25, 0.3) is 0 Å².